The molecule has 0 aromatic heterocycles. The number of aliphatic carboxylic acids is 1. The average Bonchev–Trinajstić information content (AvgIpc) is 2.39. The molecule has 1 amide bonds. The van der Waals surface area contributed by atoms with Gasteiger partial charge in [0.05, 0.1) is 5.69 Å². The molecule has 0 saturated carbocycles. The standard InChI is InChI=1S/C16H23NO3S/c1-4-7-14(16(19)20)21-13-9-6-5-8-12(13)17-15(18)10-11(2)3/h5-6,8-9,11,14H,4,7,10H2,1-3H3,(H,17,18)(H,19,20)/t14-/m0/s1. The zero-order valence-corrected chi connectivity index (χ0v) is 13.6. The van der Waals surface area contributed by atoms with E-state index in [1.54, 1.807) is 0 Å². The van der Waals surface area contributed by atoms with Crippen LogP contribution in [0.5, 0.6) is 0 Å². The Kier molecular flexibility index (Phi) is 7.29. The maximum absolute atomic E-state index is 11.9. The number of para-hydroxylation sites is 1. The Bertz CT molecular complexity index is 488. The number of carbonyl (C=O) groups excluding carboxylic acids is 1. The SMILES string of the molecule is CCC[C@H](Sc1ccccc1NC(=O)CC(C)C)C(=O)O. The average molecular weight is 309 g/mol. The number of rotatable bonds is 8. The predicted molar refractivity (Wildman–Crippen MR) is 86.7 cm³/mol. The molecular formula is C16H23NO3S. The Morgan fingerprint density at radius 3 is 2.52 bits per heavy atom. The van der Waals surface area contributed by atoms with Crippen molar-refractivity contribution in [3.8, 4) is 0 Å². The van der Waals surface area contributed by atoms with Crippen molar-refractivity contribution < 1.29 is 14.7 Å². The first-order valence-corrected chi connectivity index (χ1v) is 8.10. The van der Waals surface area contributed by atoms with Crippen molar-refractivity contribution in [3.63, 3.8) is 0 Å². The van der Waals surface area contributed by atoms with Gasteiger partial charge in [-0.25, -0.2) is 0 Å². The van der Waals surface area contributed by atoms with Gasteiger partial charge in [-0.05, 0) is 24.5 Å². The van der Waals surface area contributed by atoms with Crippen LogP contribution in [0.2, 0.25) is 0 Å². The lowest BCUT2D eigenvalue weighted by atomic mass is 10.1. The highest BCUT2D eigenvalue weighted by Gasteiger charge is 2.19. The highest BCUT2D eigenvalue weighted by atomic mass is 32.2. The fourth-order valence-electron chi connectivity index (χ4n) is 1.89. The molecular weight excluding hydrogens is 286 g/mol. The topological polar surface area (TPSA) is 66.4 Å². The highest BCUT2D eigenvalue weighted by Crippen LogP contribution is 2.32. The minimum absolute atomic E-state index is 0.0413. The molecule has 4 nitrogen and oxygen atoms in total. The normalized spacial score (nSPS) is 12.2. The second-order valence-electron chi connectivity index (χ2n) is 5.38. The first-order chi connectivity index (χ1) is 9.93. The molecule has 21 heavy (non-hydrogen) atoms. The number of anilines is 1. The van der Waals surface area contributed by atoms with Crippen LogP contribution in [0.3, 0.4) is 0 Å². The van der Waals surface area contributed by atoms with Gasteiger partial charge in [-0.2, -0.15) is 0 Å². The molecule has 2 N–H and O–H groups in total. The van der Waals surface area contributed by atoms with E-state index in [-0.39, 0.29) is 11.8 Å². The van der Waals surface area contributed by atoms with Gasteiger partial charge < -0.3 is 10.4 Å². The van der Waals surface area contributed by atoms with Gasteiger partial charge in [0.1, 0.15) is 5.25 Å². The van der Waals surface area contributed by atoms with E-state index in [1.165, 1.54) is 11.8 Å². The van der Waals surface area contributed by atoms with Gasteiger partial charge in [0.2, 0.25) is 5.91 Å². The van der Waals surface area contributed by atoms with Crippen molar-refractivity contribution in [3.05, 3.63) is 24.3 Å². The summed E-state index contributed by atoms with van der Waals surface area (Å²) in [4.78, 5) is 23.9. The molecule has 5 heteroatoms. The number of carboxylic acid groups (broad SMARTS) is 1. The molecule has 0 radical (unpaired) electrons. The van der Waals surface area contributed by atoms with Crippen LogP contribution in [0.4, 0.5) is 5.69 Å². The number of carboxylic acids is 1. The highest BCUT2D eigenvalue weighted by molar-refractivity contribution is 8.00. The Hall–Kier alpha value is -1.49. The lowest BCUT2D eigenvalue weighted by Crippen LogP contribution is -2.17. The first-order valence-electron chi connectivity index (χ1n) is 7.22. The quantitative estimate of drug-likeness (QED) is 0.712. The van der Waals surface area contributed by atoms with Gasteiger partial charge in [-0.3, -0.25) is 9.59 Å². The Morgan fingerprint density at radius 2 is 1.95 bits per heavy atom. The van der Waals surface area contributed by atoms with Gasteiger partial charge in [-0.15, -0.1) is 11.8 Å². The molecule has 0 aliphatic heterocycles. The van der Waals surface area contributed by atoms with E-state index in [4.69, 9.17) is 0 Å². The molecule has 1 atom stereocenters. The zero-order valence-electron chi connectivity index (χ0n) is 12.8. The van der Waals surface area contributed by atoms with Crippen molar-refractivity contribution in [2.24, 2.45) is 5.92 Å². The fourth-order valence-corrected chi connectivity index (χ4v) is 3.06. The van der Waals surface area contributed by atoms with Crippen LogP contribution in [0, 0.1) is 5.92 Å². The van der Waals surface area contributed by atoms with Gasteiger partial charge in [0, 0.05) is 11.3 Å². The Morgan fingerprint density at radius 1 is 1.29 bits per heavy atom. The monoisotopic (exact) mass is 309 g/mol. The van der Waals surface area contributed by atoms with Crippen LogP contribution in [0.25, 0.3) is 0 Å². The third-order valence-corrected chi connectivity index (χ3v) is 4.18. The number of nitrogens with one attached hydrogen (secondary N) is 1. The summed E-state index contributed by atoms with van der Waals surface area (Å²) < 4.78 is 0. The summed E-state index contributed by atoms with van der Waals surface area (Å²) in [6.07, 6.45) is 1.87. The third kappa shape index (κ3) is 6.21. The van der Waals surface area contributed by atoms with Crippen LogP contribution in [0.1, 0.15) is 40.0 Å². The number of hydrogen-bond acceptors (Lipinski definition) is 3. The molecule has 0 aliphatic rings. The number of carbonyl (C=O) groups is 2. The molecule has 0 aliphatic carbocycles. The molecule has 0 unspecified atom stereocenters. The summed E-state index contributed by atoms with van der Waals surface area (Å²) in [7, 11) is 0. The largest absolute Gasteiger partial charge is 0.480 e. The maximum Gasteiger partial charge on any atom is 0.316 e. The van der Waals surface area contributed by atoms with Crippen molar-refractivity contribution in [1.29, 1.82) is 0 Å². The summed E-state index contributed by atoms with van der Waals surface area (Å²) in [5.74, 6) is -0.567. The van der Waals surface area contributed by atoms with Crippen LogP contribution < -0.4 is 5.32 Å². The second kappa shape index (κ2) is 8.72. The zero-order chi connectivity index (χ0) is 15.8. The minimum Gasteiger partial charge on any atom is -0.480 e. The number of amides is 1. The van der Waals surface area contributed by atoms with E-state index in [2.05, 4.69) is 5.32 Å². The molecule has 0 bridgehead atoms. The maximum atomic E-state index is 11.9. The molecule has 0 fully saturated rings. The fraction of sp³-hybridized carbons (Fsp3) is 0.500. The molecule has 0 heterocycles. The molecule has 0 spiro atoms. The van der Waals surface area contributed by atoms with E-state index in [0.29, 0.717) is 18.5 Å². The van der Waals surface area contributed by atoms with Crippen LogP contribution in [-0.4, -0.2) is 22.2 Å². The Labute approximate surface area is 130 Å². The second-order valence-corrected chi connectivity index (χ2v) is 6.62. The summed E-state index contributed by atoms with van der Waals surface area (Å²) in [5, 5.41) is 11.6. The number of benzene rings is 1. The van der Waals surface area contributed by atoms with E-state index >= 15 is 0 Å². The molecule has 1 aromatic rings. The van der Waals surface area contributed by atoms with Gasteiger partial charge >= 0.3 is 5.97 Å². The summed E-state index contributed by atoms with van der Waals surface area (Å²) >= 11 is 1.29. The Balaban J connectivity index is 2.83. The van der Waals surface area contributed by atoms with Crippen LogP contribution in [-0.2, 0) is 9.59 Å². The van der Waals surface area contributed by atoms with E-state index < -0.39 is 11.2 Å². The van der Waals surface area contributed by atoms with Crippen molar-refractivity contribution in [2.75, 3.05) is 5.32 Å². The smallest absolute Gasteiger partial charge is 0.316 e. The van der Waals surface area contributed by atoms with Crippen molar-refractivity contribution in [1.82, 2.24) is 0 Å². The van der Waals surface area contributed by atoms with E-state index in [0.717, 1.165) is 11.3 Å². The number of hydrogen-bond donors (Lipinski definition) is 2. The van der Waals surface area contributed by atoms with Gasteiger partial charge in [0.25, 0.3) is 0 Å². The molecule has 116 valence electrons. The van der Waals surface area contributed by atoms with Crippen molar-refractivity contribution >= 4 is 29.3 Å². The van der Waals surface area contributed by atoms with Gasteiger partial charge in [0.15, 0.2) is 0 Å². The van der Waals surface area contributed by atoms with Crippen LogP contribution in [0.15, 0.2) is 29.2 Å². The lowest BCUT2D eigenvalue weighted by molar-refractivity contribution is -0.136. The summed E-state index contributed by atoms with van der Waals surface area (Å²) in [6, 6.07) is 7.35. The first kappa shape index (κ1) is 17.6. The summed E-state index contributed by atoms with van der Waals surface area (Å²) in [6.45, 7) is 5.94. The minimum atomic E-state index is -0.815. The molecule has 1 aromatic carbocycles. The van der Waals surface area contributed by atoms with Gasteiger partial charge in [-0.1, -0.05) is 39.3 Å². The van der Waals surface area contributed by atoms with E-state index in [1.807, 2.05) is 45.0 Å². The summed E-state index contributed by atoms with van der Waals surface area (Å²) in [5.41, 5.74) is 0.690. The molecule has 0 saturated heterocycles. The number of thioether (sulfide) groups is 1. The van der Waals surface area contributed by atoms with Crippen molar-refractivity contribution in [2.45, 2.75) is 50.2 Å². The predicted octanol–water partition coefficient (Wildman–Crippen LogP) is 4.02. The van der Waals surface area contributed by atoms with E-state index in [9.17, 15) is 14.7 Å². The van der Waals surface area contributed by atoms with Crippen LogP contribution >= 0.6 is 11.8 Å². The molecule has 1 rings (SSSR count). The lowest BCUT2D eigenvalue weighted by Gasteiger charge is -2.15. The third-order valence-electron chi connectivity index (χ3n) is 2.85.